The molecule has 2 N–H and O–H groups in total. The van der Waals surface area contributed by atoms with Gasteiger partial charge in [-0.1, -0.05) is 29.2 Å². The van der Waals surface area contributed by atoms with Crippen molar-refractivity contribution in [2.24, 2.45) is 10.1 Å². The summed E-state index contributed by atoms with van der Waals surface area (Å²) in [4.78, 5) is 11.6. The first-order chi connectivity index (χ1) is 14.6. The van der Waals surface area contributed by atoms with Crippen molar-refractivity contribution in [2.45, 2.75) is 32.1 Å². The smallest absolute Gasteiger partial charge is 0.141 e. The van der Waals surface area contributed by atoms with Gasteiger partial charge in [-0.3, -0.25) is 4.99 Å². The lowest BCUT2D eigenvalue weighted by Gasteiger charge is -2.25. The zero-order valence-corrected chi connectivity index (χ0v) is 17.5. The number of anilines is 1. The number of likely N-dealkylation sites (tertiary alicyclic amines) is 1. The number of piperidine rings is 1. The van der Waals surface area contributed by atoms with Crippen LogP contribution in [0, 0.1) is 5.82 Å². The third-order valence-corrected chi connectivity index (χ3v) is 5.91. The second-order valence-corrected chi connectivity index (χ2v) is 8.10. The molecule has 4 rings (SSSR count). The van der Waals surface area contributed by atoms with E-state index in [-0.39, 0.29) is 5.02 Å². The monoisotopic (exact) mass is 429 g/mol. The summed E-state index contributed by atoms with van der Waals surface area (Å²) >= 11 is 5.89. The lowest BCUT2D eigenvalue weighted by molar-refractivity contribution is 0.235. The number of halogens is 2. The largest absolute Gasteiger partial charge is 0.411 e. The van der Waals surface area contributed by atoms with E-state index in [0.29, 0.717) is 18.6 Å². The molecule has 2 aliphatic rings. The molecule has 30 heavy (non-hydrogen) atoms. The number of aliphatic imine (C=N–C) groups is 1. The molecule has 1 aromatic heterocycles. The zero-order valence-electron chi connectivity index (χ0n) is 16.7. The summed E-state index contributed by atoms with van der Waals surface area (Å²) in [6.07, 6.45) is 6.50. The number of nitrogens with zero attached hydrogens (tertiary/aromatic N) is 4. The quantitative estimate of drug-likeness (QED) is 0.411. The topological polar surface area (TPSA) is 73.1 Å². The maximum Gasteiger partial charge on any atom is 0.141 e. The fraction of sp³-hybridized carbons (Fsp3) is 0.409. The number of hydrogen-bond donors (Lipinski definition) is 2. The van der Waals surface area contributed by atoms with Gasteiger partial charge in [-0.25, -0.2) is 9.37 Å². The predicted octanol–water partition coefficient (Wildman–Crippen LogP) is 4.15. The summed E-state index contributed by atoms with van der Waals surface area (Å²) in [5.41, 5.74) is 3.00. The standard InChI is InChI=1S/C22H25ClFN5O/c23-18-12-15(4-5-19(18)24)13-20(28-30)16-6-7-26-22-17(16)14-21(27-22)25-8-11-29-9-2-1-3-10-29/h4-7,12,30H,1-3,8-11,13-14H2,(H,25,26,27)/b28-20+. The fourth-order valence-electron chi connectivity index (χ4n) is 4.03. The van der Waals surface area contributed by atoms with E-state index in [2.05, 4.69) is 20.4 Å². The fourth-order valence-corrected chi connectivity index (χ4v) is 4.23. The highest BCUT2D eigenvalue weighted by molar-refractivity contribution is 6.30. The Bertz CT molecular complexity index is 972. The summed E-state index contributed by atoms with van der Waals surface area (Å²) in [6, 6.07) is 6.34. The highest BCUT2D eigenvalue weighted by atomic mass is 35.5. The van der Waals surface area contributed by atoms with Crippen molar-refractivity contribution in [3.05, 3.63) is 58.0 Å². The molecule has 1 aromatic carbocycles. The van der Waals surface area contributed by atoms with E-state index in [4.69, 9.17) is 16.6 Å². The van der Waals surface area contributed by atoms with Crippen LogP contribution in [0.15, 0.2) is 40.6 Å². The number of nitrogens with one attached hydrogen (secondary N) is 1. The molecule has 1 fully saturated rings. The van der Waals surface area contributed by atoms with Gasteiger partial charge >= 0.3 is 0 Å². The van der Waals surface area contributed by atoms with Crippen molar-refractivity contribution in [3.63, 3.8) is 0 Å². The minimum Gasteiger partial charge on any atom is -0.411 e. The van der Waals surface area contributed by atoms with E-state index in [1.54, 1.807) is 18.3 Å². The third kappa shape index (κ3) is 4.79. The summed E-state index contributed by atoms with van der Waals surface area (Å²) in [6.45, 7) is 4.04. The number of aromatic nitrogens is 1. The van der Waals surface area contributed by atoms with Crippen LogP contribution in [0.4, 0.5) is 10.2 Å². The molecule has 0 saturated carbocycles. The minimum atomic E-state index is -0.470. The van der Waals surface area contributed by atoms with E-state index in [0.717, 1.165) is 54.5 Å². The molecule has 0 aliphatic carbocycles. The Morgan fingerprint density at radius 1 is 1.23 bits per heavy atom. The minimum absolute atomic E-state index is 0.0505. The Kier molecular flexibility index (Phi) is 6.59. The lowest BCUT2D eigenvalue weighted by Crippen LogP contribution is -2.32. The van der Waals surface area contributed by atoms with Gasteiger partial charge in [-0.05, 0) is 49.7 Å². The lowest BCUT2D eigenvalue weighted by atomic mass is 9.98. The van der Waals surface area contributed by atoms with Crippen LogP contribution in [0.2, 0.25) is 5.02 Å². The van der Waals surface area contributed by atoms with Crippen LogP contribution in [-0.2, 0) is 12.8 Å². The summed E-state index contributed by atoms with van der Waals surface area (Å²) in [5.74, 6) is 1.15. The van der Waals surface area contributed by atoms with Crippen molar-refractivity contribution < 1.29 is 9.60 Å². The number of oxime groups is 1. The molecule has 2 aromatic rings. The molecule has 0 unspecified atom stereocenters. The van der Waals surface area contributed by atoms with Crippen LogP contribution in [0.3, 0.4) is 0 Å². The SMILES string of the molecule is O/N=C(\Cc1ccc(F)c(Cl)c1)c1ccnc2c1CC(=NCCN1CCCCC1)N2. The van der Waals surface area contributed by atoms with Crippen LogP contribution >= 0.6 is 11.6 Å². The van der Waals surface area contributed by atoms with Gasteiger partial charge < -0.3 is 15.4 Å². The molecular weight excluding hydrogens is 405 g/mol. The van der Waals surface area contributed by atoms with Crippen LogP contribution in [-0.4, -0.2) is 52.8 Å². The second-order valence-electron chi connectivity index (χ2n) is 7.69. The molecule has 8 heteroatoms. The molecule has 3 heterocycles. The van der Waals surface area contributed by atoms with Crippen LogP contribution in [0.25, 0.3) is 0 Å². The van der Waals surface area contributed by atoms with E-state index in [1.807, 2.05) is 6.07 Å². The van der Waals surface area contributed by atoms with E-state index in [1.165, 1.54) is 25.3 Å². The summed E-state index contributed by atoms with van der Waals surface area (Å²) < 4.78 is 13.4. The first kappa shape index (κ1) is 20.8. The van der Waals surface area contributed by atoms with Gasteiger partial charge in [-0.15, -0.1) is 0 Å². The Balaban J connectivity index is 1.46. The number of benzene rings is 1. The van der Waals surface area contributed by atoms with Crippen LogP contribution in [0.1, 0.15) is 36.0 Å². The first-order valence-corrected chi connectivity index (χ1v) is 10.7. The number of amidine groups is 1. The molecule has 0 radical (unpaired) electrons. The summed E-state index contributed by atoms with van der Waals surface area (Å²) in [5, 5.41) is 16.5. The van der Waals surface area contributed by atoms with Crippen molar-refractivity contribution >= 4 is 29.0 Å². The highest BCUT2D eigenvalue weighted by Gasteiger charge is 2.23. The number of hydrogen-bond acceptors (Lipinski definition) is 5. The Morgan fingerprint density at radius 3 is 2.83 bits per heavy atom. The molecular formula is C22H25ClFN5O. The van der Waals surface area contributed by atoms with Gasteiger partial charge in [0.2, 0.25) is 0 Å². The molecule has 0 amide bonds. The van der Waals surface area contributed by atoms with Crippen LogP contribution < -0.4 is 5.32 Å². The average Bonchev–Trinajstić information content (AvgIpc) is 3.18. The Labute approximate surface area is 180 Å². The van der Waals surface area contributed by atoms with Crippen molar-refractivity contribution in [1.82, 2.24) is 9.88 Å². The first-order valence-electron chi connectivity index (χ1n) is 10.3. The van der Waals surface area contributed by atoms with Gasteiger partial charge in [0.05, 0.1) is 17.3 Å². The van der Waals surface area contributed by atoms with E-state index in [9.17, 15) is 9.60 Å². The molecule has 0 bridgehead atoms. The van der Waals surface area contributed by atoms with Gasteiger partial charge in [0.25, 0.3) is 0 Å². The molecule has 6 nitrogen and oxygen atoms in total. The zero-order chi connectivity index (χ0) is 20.9. The third-order valence-electron chi connectivity index (χ3n) is 5.62. The number of fused-ring (bicyclic) bond motifs is 1. The number of rotatable bonds is 6. The molecule has 1 saturated heterocycles. The highest BCUT2D eigenvalue weighted by Crippen LogP contribution is 2.26. The average molecular weight is 430 g/mol. The predicted molar refractivity (Wildman–Crippen MR) is 118 cm³/mol. The molecule has 0 spiro atoms. The van der Waals surface area contributed by atoms with Crippen molar-refractivity contribution in [1.29, 1.82) is 0 Å². The van der Waals surface area contributed by atoms with E-state index >= 15 is 0 Å². The molecule has 2 aliphatic heterocycles. The van der Waals surface area contributed by atoms with Gasteiger partial charge in [0, 0.05) is 36.7 Å². The maximum absolute atomic E-state index is 13.4. The normalized spacial score (nSPS) is 18.5. The molecule has 0 atom stereocenters. The molecule has 158 valence electrons. The summed E-state index contributed by atoms with van der Waals surface area (Å²) in [7, 11) is 0. The Morgan fingerprint density at radius 2 is 2.07 bits per heavy atom. The van der Waals surface area contributed by atoms with Crippen molar-refractivity contribution in [3.8, 4) is 0 Å². The van der Waals surface area contributed by atoms with E-state index < -0.39 is 5.82 Å². The number of pyridine rings is 1. The Hall–Kier alpha value is -2.51. The van der Waals surface area contributed by atoms with Crippen molar-refractivity contribution in [2.75, 3.05) is 31.5 Å². The van der Waals surface area contributed by atoms with Gasteiger partial charge in [-0.2, -0.15) is 0 Å². The van der Waals surface area contributed by atoms with Crippen LogP contribution in [0.5, 0.6) is 0 Å². The van der Waals surface area contributed by atoms with Gasteiger partial charge in [0.15, 0.2) is 0 Å². The maximum atomic E-state index is 13.4. The second kappa shape index (κ2) is 9.53. The van der Waals surface area contributed by atoms with Gasteiger partial charge in [0.1, 0.15) is 17.5 Å².